The van der Waals surface area contributed by atoms with Crippen molar-refractivity contribution in [2.45, 2.75) is 0 Å². The van der Waals surface area contributed by atoms with Crippen LogP contribution in [0.2, 0.25) is 0 Å². The summed E-state index contributed by atoms with van der Waals surface area (Å²) in [5.41, 5.74) is 1.11. The second-order valence-electron chi connectivity index (χ2n) is 3.68. The van der Waals surface area contributed by atoms with Crippen molar-refractivity contribution in [1.82, 2.24) is 0 Å². The lowest BCUT2D eigenvalue weighted by atomic mass is 10.2. The minimum absolute atomic E-state index is 0.266. The van der Waals surface area contributed by atoms with Crippen LogP contribution in [0.4, 0.5) is 4.39 Å². The number of alkyl halides is 1. The summed E-state index contributed by atoms with van der Waals surface area (Å²) < 4.78 is 18.3. The molecule has 0 spiro atoms. The van der Waals surface area contributed by atoms with Crippen LogP contribution in [0, 0.1) is 5.82 Å². The van der Waals surface area contributed by atoms with E-state index in [1.54, 1.807) is 12.1 Å². The molecule has 0 aromatic heterocycles. The van der Waals surface area contributed by atoms with E-state index in [1.165, 1.54) is 12.1 Å². The van der Waals surface area contributed by atoms with Gasteiger partial charge in [-0.15, -0.1) is 0 Å². The van der Waals surface area contributed by atoms with E-state index in [0.29, 0.717) is 5.75 Å². The van der Waals surface area contributed by atoms with Gasteiger partial charge in [0, 0.05) is 5.33 Å². The molecular formula is C15H12BrFO. The first kappa shape index (κ1) is 12.8. The van der Waals surface area contributed by atoms with E-state index in [2.05, 4.69) is 15.9 Å². The predicted octanol–water partition coefficient (Wildman–Crippen LogP) is 5.03. The highest BCUT2D eigenvalue weighted by atomic mass is 79.9. The summed E-state index contributed by atoms with van der Waals surface area (Å²) in [5.74, 6) is 1.09. The summed E-state index contributed by atoms with van der Waals surface area (Å²) in [5, 5.41) is 0.834. The first-order valence-electron chi connectivity index (χ1n) is 5.54. The molecule has 0 saturated heterocycles. The molecule has 1 nitrogen and oxygen atoms in total. The van der Waals surface area contributed by atoms with E-state index in [0.717, 1.165) is 16.6 Å². The Morgan fingerprint density at radius 3 is 2.06 bits per heavy atom. The second-order valence-corrected chi connectivity index (χ2v) is 4.33. The van der Waals surface area contributed by atoms with Crippen LogP contribution in [0.5, 0.6) is 11.5 Å². The van der Waals surface area contributed by atoms with Crippen LogP contribution < -0.4 is 4.74 Å². The zero-order chi connectivity index (χ0) is 12.8. The van der Waals surface area contributed by atoms with Gasteiger partial charge in [-0.25, -0.2) is 4.39 Å². The number of halogens is 2. The molecule has 0 aliphatic heterocycles. The van der Waals surface area contributed by atoms with Gasteiger partial charge in [0.15, 0.2) is 0 Å². The minimum Gasteiger partial charge on any atom is -0.457 e. The summed E-state index contributed by atoms with van der Waals surface area (Å²) >= 11 is 3.33. The highest BCUT2D eigenvalue weighted by Gasteiger charge is 1.97. The molecule has 0 aliphatic carbocycles. The molecule has 18 heavy (non-hydrogen) atoms. The van der Waals surface area contributed by atoms with E-state index in [4.69, 9.17) is 4.74 Å². The quantitative estimate of drug-likeness (QED) is 0.720. The summed E-state index contributed by atoms with van der Waals surface area (Å²) in [7, 11) is 0. The Hall–Kier alpha value is -1.61. The molecule has 0 N–H and O–H groups in total. The maximum atomic E-state index is 12.7. The molecule has 2 aromatic rings. The Balaban J connectivity index is 2.06. The van der Waals surface area contributed by atoms with Crippen LogP contribution >= 0.6 is 15.9 Å². The minimum atomic E-state index is -0.266. The zero-order valence-electron chi connectivity index (χ0n) is 9.64. The van der Waals surface area contributed by atoms with Crippen LogP contribution in [0.1, 0.15) is 5.56 Å². The third-order valence-corrected chi connectivity index (χ3v) is 2.70. The molecule has 0 bridgehead atoms. The van der Waals surface area contributed by atoms with Gasteiger partial charge in [0.2, 0.25) is 0 Å². The largest absolute Gasteiger partial charge is 0.457 e. The average Bonchev–Trinajstić information content (AvgIpc) is 2.41. The number of rotatable bonds is 4. The monoisotopic (exact) mass is 306 g/mol. The molecule has 0 saturated carbocycles. The molecule has 0 atom stereocenters. The van der Waals surface area contributed by atoms with Gasteiger partial charge in [-0.2, -0.15) is 0 Å². The van der Waals surface area contributed by atoms with Gasteiger partial charge in [0.05, 0.1) is 0 Å². The number of benzene rings is 2. The van der Waals surface area contributed by atoms with Crippen LogP contribution in [0.25, 0.3) is 6.08 Å². The number of ether oxygens (including phenoxy) is 1. The molecule has 0 fully saturated rings. The Bertz CT molecular complexity index is 517. The fraction of sp³-hybridized carbons (Fsp3) is 0.0667. The van der Waals surface area contributed by atoms with Gasteiger partial charge in [0.25, 0.3) is 0 Å². The summed E-state index contributed by atoms with van der Waals surface area (Å²) in [6, 6.07) is 13.7. The highest BCUT2D eigenvalue weighted by Crippen LogP contribution is 2.22. The van der Waals surface area contributed by atoms with E-state index in [-0.39, 0.29) is 5.82 Å². The standard InChI is InChI=1S/C15H12BrFO/c16-11-1-2-12-3-7-14(8-4-12)18-15-9-5-13(17)6-10-15/h1-10H,11H2. The molecule has 2 rings (SSSR count). The van der Waals surface area contributed by atoms with E-state index < -0.39 is 0 Å². The van der Waals surface area contributed by atoms with Crippen molar-refractivity contribution in [2.75, 3.05) is 5.33 Å². The zero-order valence-corrected chi connectivity index (χ0v) is 11.2. The van der Waals surface area contributed by atoms with Crippen molar-refractivity contribution in [2.24, 2.45) is 0 Å². The molecule has 0 heterocycles. The van der Waals surface area contributed by atoms with Gasteiger partial charge in [0.1, 0.15) is 17.3 Å². The van der Waals surface area contributed by atoms with Gasteiger partial charge in [-0.05, 0) is 42.0 Å². The van der Waals surface area contributed by atoms with E-state index >= 15 is 0 Å². The predicted molar refractivity (Wildman–Crippen MR) is 75.7 cm³/mol. The Morgan fingerprint density at radius 2 is 1.50 bits per heavy atom. The third kappa shape index (κ3) is 3.70. The Kier molecular flexibility index (Phi) is 4.53. The van der Waals surface area contributed by atoms with Crippen molar-refractivity contribution in [3.05, 3.63) is 66.0 Å². The number of hydrogen-bond donors (Lipinski definition) is 0. The summed E-state index contributed by atoms with van der Waals surface area (Å²) in [4.78, 5) is 0. The van der Waals surface area contributed by atoms with Crippen LogP contribution in [-0.4, -0.2) is 5.33 Å². The fourth-order valence-electron chi connectivity index (χ4n) is 1.47. The van der Waals surface area contributed by atoms with Crippen molar-refractivity contribution < 1.29 is 9.13 Å². The van der Waals surface area contributed by atoms with Gasteiger partial charge >= 0.3 is 0 Å². The fourth-order valence-corrected chi connectivity index (χ4v) is 1.65. The molecule has 3 heteroatoms. The second kappa shape index (κ2) is 6.36. The molecule has 2 aromatic carbocycles. The average molecular weight is 307 g/mol. The smallest absolute Gasteiger partial charge is 0.127 e. The van der Waals surface area contributed by atoms with Crippen molar-refractivity contribution in [3.63, 3.8) is 0 Å². The maximum Gasteiger partial charge on any atom is 0.127 e. The molecule has 0 unspecified atom stereocenters. The van der Waals surface area contributed by atoms with Crippen LogP contribution in [0.15, 0.2) is 54.6 Å². The van der Waals surface area contributed by atoms with Gasteiger partial charge in [-0.3, -0.25) is 0 Å². The van der Waals surface area contributed by atoms with E-state index in [9.17, 15) is 4.39 Å². The first-order valence-corrected chi connectivity index (χ1v) is 6.66. The lowest BCUT2D eigenvalue weighted by molar-refractivity contribution is 0.480. The third-order valence-electron chi connectivity index (χ3n) is 2.33. The molecule has 0 radical (unpaired) electrons. The van der Waals surface area contributed by atoms with Crippen molar-refractivity contribution in [1.29, 1.82) is 0 Å². The maximum absolute atomic E-state index is 12.7. The lowest BCUT2D eigenvalue weighted by Gasteiger charge is -2.05. The van der Waals surface area contributed by atoms with Crippen molar-refractivity contribution >= 4 is 22.0 Å². The SMILES string of the molecule is Fc1ccc(Oc2ccc(C=CCBr)cc2)cc1. The molecule has 92 valence electrons. The van der Waals surface area contributed by atoms with Crippen molar-refractivity contribution in [3.8, 4) is 11.5 Å². The lowest BCUT2D eigenvalue weighted by Crippen LogP contribution is -1.84. The topological polar surface area (TPSA) is 9.23 Å². The Morgan fingerprint density at radius 1 is 0.944 bits per heavy atom. The highest BCUT2D eigenvalue weighted by molar-refractivity contribution is 9.09. The van der Waals surface area contributed by atoms with Gasteiger partial charge in [-0.1, -0.05) is 40.2 Å². The molecule has 0 aliphatic rings. The summed E-state index contributed by atoms with van der Waals surface area (Å²) in [6.07, 6.45) is 4.05. The summed E-state index contributed by atoms with van der Waals surface area (Å²) in [6.45, 7) is 0. The molecule has 0 amide bonds. The normalized spacial score (nSPS) is 10.8. The van der Waals surface area contributed by atoms with E-state index in [1.807, 2.05) is 36.4 Å². The Labute approximate surface area is 114 Å². The van der Waals surface area contributed by atoms with Crippen LogP contribution in [-0.2, 0) is 0 Å². The molecular weight excluding hydrogens is 295 g/mol. The van der Waals surface area contributed by atoms with Crippen LogP contribution in [0.3, 0.4) is 0 Å². The number of hydrogen-bond acceptors (Lipinski definition) is 1. The van der Waals surface area contributed by atoms with Gasteiger partial charge < -0.3 is 4.74 Å². The number of allylic oxidation sites excluding steroid dienone is 1. The first-order chi connectivity index (χ1) is 8.78.